The van der Waals surface area contributed by atoms with Crippen molar-refractivity contribution in [2.45, 2.75) is 12.5 Å². The van der Waals surface area contributed by atoms with E-state index in [1.807, 2.05) is 17.5 Å². The number of rotatable bonds is 4. The van der Waals surface area contributed by atoms with Crippen LogP contribution in [0.15, 0.2) is 28.2 Å². The first-order valence-corrected chi connectivity index (χ1v) is 4.99. The highest BCUT2D eigenvalue weighted by atomic mass is 32.1. The second kappa shape index (κ2) is 4.32. The molecule has 14 heavy (non-hydrogen) atoms. The minimum Gasteiger partial charge on any atom is -0.469 e. The van der Waals surface area contributed by atoms with Crippen LogP contribution in [-0.4, -0.2) is 9.59 Å². The highest BCUT2D eigenvalue weighted by molar-refractivity contribution is 7.03. The molecule has 2 aromatic rings. The van der Waals surface area contributed by atoms with Gasteiger partial charge in [-0.1, -0.05) is 4.49 Å². The largest absolute Gasteiger partial charge is 0.469 e. The number of nitrogens with one attached hydrogen (secondary N) is 1. The molecule has 2 aromatic heterocycles. The third-order valence-corrected chi connectivity index (χ3v) is 2.44. The predicted molar refractivity (Wildman–Crippen MR) is 52.4 cm³/mol. The van der Waals surface area contributed by atoms with E-state index < -0.39 is 0 Å². The fourth-order valence-corrected chi connectivity index (χ4v) is 1.71. The van der Waals surface area contributed by atoms with Gasteiger partial charge in [-0.2, -0.15) is 0 Å². The summed E-state index contributed by atoms with van der Waals surface area (Å²) in [4.78, 5) is 0. The van der Waals surface area contributed by atoms with E-state index in [4.69, 9.17) is 10.3 Å². The van der Waals surface area contributed by atoms with Crippen LogP contribution in [0.25, 0.3) is 0 Å². The van der Waals surface area contributed by atoms with Crippen molar-refractivity contribution in [3.8, 4) is 0 Å². The van der Waals surface area contributed by atoms with Crippen LogP contribution in [0.1, 0.15) is 17.5 Å². The summed E-state index contributed by atoms with van der Waals surface area (Å²) >= 11 is 1.31. The number of nitrogens with zero attached hydrogens (tertiary/aromatic N) is 2. The molecule has 2 heterocycles. The average Bonchev–Trinajstić information content (AvgIpc) is 2.86. The summed E-state index contributed by atoms with van der Waals surface area (Å²) in [7, 11) is 0. The van der Waals surface area contributed by atoms with Gasteiger partial charge in [0.15, 0.2) is 0 Å². The van der Waals surface area contributed by atoms with Gasteiger partial charge in [0.2, 0.25) is 0 Å². The monoisotopic (exact) mass is 210 g/mol. The van der Waals surface area contributed by atoms with E-state index in [9.17, 15) is 0 Å². The lowest BCUT2D eigenvalue weighted by atomic mass is 10.1. The van der Waals surface area contributed by atoms with E-state index in [0.29, 0.717) is 6.42 Å². The van der Waals surface area contributed by atoms with Gasteiger partial charge in [0.25, 0.3) is 0 Å². The molecule has 5 nitrogen and oxygen atoms in total. The number of nitrogens with two attached hydrogens (primary N) is 1. The molecule has 0 amide bonds. The Morgan fingerprint density at radius 3 is 3.14 bits per heavy atom. The standard InChI is InChI=1S/C8H10N4OS/c9-10-7(8-5-14-12-11-8)4-6-2-1-3-13-6/h1-3,5,7,10H,4,9H2. The second-order valence-electron chi connectivity index (χ2n) is 2.83. The molecule has 6 heteroatoms. The molecule has 0 saturated carbocycles. The molecule has 0 saturated heterocycles. The van der Waals surface area contributed by atoms with Crippen molar-refractivity contribution < 1.29 is 4.42 Å². The molecule has 0 fully saturated rings. The quantitative estimate of drug-likeness (QED) is 0.578. The van der Waals surface area contributed by atoms with Crippen molar-refractivity contribution >= 4 is 11.5 Å². The Balaban J connectivity index is 2.08. The molecule has 1 unspecified atom stereocenters. The van der Waals surface area contributed by atoms with Crippen molar-refractivity contribution in [1.82, 2.24) is 15.0 Å². The molecule has 1 atom stereocenters. The minimum absolute atomic E-state index is 0.0418. The van der Waals surface area contributed by atoms with Gasteiger partial charge in [0, 0.05) is 11.8 Å². The molecule has 74 valence electrons. The van der Waals surface area contributed by atoms with Crippen LogP contribution in [0.3, 0.4) is 0 Å². The van der Waals surface area contributed by atoms with E-state index in [-0.39, 0.29) is 6.04 Å². The number of furan rings is 1. The van der Waals surface area contributed by atoms with Crippen LogP contribution in [0.2, 0.25) is 0 Å². The minimum atomic E-state index is -0.0418. The Kier molecular flexibility index (Phi) is 2.87. The van der Waals surface area contributed by atoms with Gasteiger partial charge in [-0.3, -0.25) is 11.3 Å². The summed E-state index contributed by atoms with van der Waals surface area (Å²) in [5.74, 6) is 6.30. The molecule has 0 spiro atoms. The highest BCUT2D eigenvalue weighted by Gasteiger charge is 2.14. The number of aromatic nitrogens is 2. The van der Waals surface area contributed by atoms with Gasteiger partial charge in [-0.15, -0.1) is 5.10 Å². The number of hydrogen-bond donors (Lipinski definition) is 2. The van der Waals surface area contributed by atoms with Gasteiger partial charge >= 0.3 is 0 Å². The third kappa shape index (κ3) is 1.98. The Morgan fingerprint density at radius 1 is 1.64 bits per heavy atom. The molecular formula is C8H10N4OS. The number of hydrazine groups is 1. The van der Waals surface area contributed by atoms with Gasteiger partial charge < -0.3 is 4.42 Å². The topological polar surface area (TPSA) is 77.0 Å². The molecule has 2 rings (SSSR count). The lowest BCUT2D eigenvalue weighted by Crippen LogP contribution is -2.29. The smallest absolute Gasteiger partial charge is 0.105 e. The summed E-state index contributed by atoms with van der Waals surface area (Å²) in [6, 6.07) is 3.71. The van der Waals surface area contributed by atoms with Crippen molar-refractivity contribution in [3.63, 3.8) is 0 Å². The van der Waals surface area contributed by atoms with Gasteiger partial charge in [-0.25, -0.2) is 0 Å². The SMILES string of the molecule is NNC(Cc1ccco1)c1csnn1. The van der Waals surface area contributed by atoms with Crippen LogP contribution in [-0.2, 0) is 6.42 Å². The Morgan fingerprint density at radius 2 is 2.57 bits per heavy atom. The van der Waals surface area contributed by atoms with Crippen LogP contribution in [0, 0.1) is 0 Å². The zero-order valence-corrected chi connectivity index (χ0v) is 8.20. The molecule has 0 aliphatic heterocycles. The van der Waals surface area contributed by atoms with Crippen LogP contribution < -0.4 is 11.3 Å². The Labute approximate surface area is 85.1 Å². The summed E-state index contributed by atoms with van der Waals surface area (Å²) in [5, 5.41) is 5.82. The normalized spacial score (nSPS) is 12.9. The van der Waals surface area contributed by atoms with Crippen molar-refractivity contribution in [2.75, 3.05) is 0 Å². The summed E-state index contributed by atoms with van der Waals surface area (Å²) in [5.41, 5.74) is 3.53. The van der Waals surface area contributed by atoms with Gasteiger partial charge in [-0.05, 0) is 23.7 Å². The molecule has 0 aliphatic rings. The lowest BCUT2D eigenvalue weighted by Gasteiger charge is -2.10. The first-order valence-electron chi connectivity index (χ1n) is 4.15. The number of hydrogen-bond acceptors (Lipinski definition) is 6. The molecule has 0 aromatic carbocycles. The van der Waals surface area contributed by atoms with E-state index in [2.05, 4.69) is 15.0 Å². The third-order valence-electron chi connectivity index (χ3n) is 1.92. The van der Waals surface area contributed by atoms with E-state index >= 15 is 0 Å². The van der Waals surface area contributed by atoms with Crippen LogP contribution in [0.4, 0.5) is 0 Å². The first kappa shape index (κ1) is 9.32. The summed E-state index contributed by atoms with van der Waals surface area (Å²) in [6.07, 6.45) is 2.32. The van der Waals surface area contributed by atoms with Gasteiger partial charge in [0.05, 0.1) is 18.0 Å². The van der Waals surface area contributed by atoms with Crippen molar-refractivity contribution in [2.24, 2.45) is 5.84 Å². The zero-order valence-electron chi connectivity index (χ0n) is 7.38. The maximum Gasteiger partial charge on any atom is 0.105 e. The fourth-order valence-electron chi connectivity index (χ4n) is 1.20. The first-order chi connectivity index (χ1) is 6.90. The maximum absolute atomic E-state index is 5.43. The molecule has 3 N–H and O–H groups in total. The maximum atomic E-state index is 5.43. The predicted octanol–water partition coefficient (Wildman–Crippen LogP) is 0.878. The molecule has 0 bridgehead atoms. The van der Waals surface area contributed by atoms with Crippen molar-refractivity contribution in [1.29, 1.82) is 0 Å². The summed E-state index contributed by atoms with van der Waals surface area (Å²) in [6.45, 7) is 0. The van der Waals surface area contributed by atoms with Gasteiger partial charge in [0.1, 0.15) is 5.76 Å². The average molecular weight is 210 g/mol. The molecular weight excluding hydrogens is 200 g/mol. The van der Waals surface area contributed by atoms with Crippen LogP contribution >= 0.6 is 11.5 Å². The van der Waals surface area contributed by atoms with Crippen LogP contribution in [0.5, 0.6) is 0 Å². The van der Waals surface area contributed by atoms with E-state index in [1.165, 1.54) is 11.5 Å². The van der Waals surface area contributed by atoms with E-state index in [0.717, 1.165) is 11.5 Å². The fraction of sp³-hybridized carbons (Fsp3) is 0.250. The van der Waals surface area contributed by atoms with E-state index in [1.54, 1.807) is 6.26 Å². The lowest BCUT2D eigenvalue weighted by molar-refractivity contribution is 0.449. The second-order valence-corrected chi connectivity index (χ2v) is 3.44. The zero-order chi connectivity index (χ0) is 9.80. The highest BCUT2D eigenvalue weighted by Crippen LogP contribution is 2.16. The molecule has 0 aliphatic carbocycles. The molecule has 0 radical (unpaired) electrons. The Hall–Kier alpha value is -1.24. The Bertz CT molecular complexity index is 359. The summed E-state index contributed by atoms with van der Waals surface area (Å²) < 4.78 is 9.01. The van der Waals surface area contributed by atoms with Crippen molar-refractivity contribution in [3.05, 3.63) is 35.2 Å².